The Morgan fingerprint density at radius 1 is 0.975 bits per heavy atom. The molecule has 40 heavy (non-hydrogen) atoms. The Kier molecular flexibility index (Phi) is 15.6. The van der Waals surface area contributed by atoms with Crippen molar-refractivity contribution in [3.8, 4) is 0 Å². The number of aliphatic hydroxyl groups excluding tert-OH is 3. The zero-order chi connectivity index (χ0) is 31.4. The van der Waals surface area contributed by atoms with Crippen LogP contribution in [-0.4, -0.2) is 108 Å². The van der Waals surface area contributed by atoms with Gasteiger partial charge in [0.2, 0.25) is 0 Å². The Hall–Kier alpha value is -0.240. The van der Waals surface area contributed by atoms with E-state index in [1.54, 1.807) is 0 Å². The zero-order valence-corrected chi connectivity index (χ0v) is 29.3. The molecule has 2 aliphatic carbocycles. The van der Waals surface area contributed by atoms with E-state index < -0.39 is 0 Å². The number of fused-ring (bicyclic) bond motifs is 2. The summed E-state index contributed by atoms with van der Waals surface area (Å²) in [6.07, 6.45) is 7.09. The van der Waals surface area contributed by atoms with Gasteiger partial charge in [0, 0.05) is 39.8 Å². The third-order valence-electron chi connectivity index (χ3n) is 6.86. The number of hydrogen-bond donors (Lipinski definition) is 4. The zero-order valence-electron chi connectivity index (χ0n) is 24.9. The minimum absolute atomic E-state index is 0.00667. The number of likely N-dealkylation sites (tertiary alicyclic amines) is 1. The van der Waals surface area contributed by atoms with Crippen molar-refractivity contribution in [1.29, 1.82) is 0 Å². The van der Waals surface area contributed by atoms with E-state index in [4.69, 9.17) is 28.6 Å². The molecule has 4 radical (unpaired) electrons. The molecule has 9 nitrogen and oxygen atoms in total. The van der Waals surface area contributed by atoms with Crippen LogP contribution in [0.15, 0.2) is 24.8 Å². The van der Waals surface area contributed by atoms with Crippen LogP contribution in [0.5, 0.6) is 0 Å². The van der Waals surface area contributed by atoms with Crippen LogP contribution in [0.1, 0.15) is 39.1 Å². The van der Waals surface area contributed by atoms with Gasteiger partial charge < -0.3 is 20.6 Å². The monoisotopic (exact) mass is 885 g/mol. The summed E-state index contributed by atoms with van der Waals surface area (Å²) in [4.78, 5) is 17.9. The number of hydrogen-bond acceptors (Lipinski definition) is 9. The van der Waals surface area contributed by atoms with Crippen LogP contribution >= 0.6 is 37.2 Å². The molecule has 0 spiro atoms. The number of nitrogens with zero attached hydrogens (tertiary/aromatic N) is 5. The molecule has 2 aromatic heterocycles. The Morgan fingerprint density at radius 3 is 2.17 bits per heavy atom. The van der Waals surface area contributed by atoms with Crippen LogP contribution < -0.4 is 29.8 Å². The quantitative estimate of drug-likeness (QED) is 0.189. The first-order valence-corrected chi connectivity index (χ1v) is 25.3. The number of allylic oxidation sites excluding steroid dienone is 2. The second kappa shape index (κ2) is 19.1. The van der Waals surface area contributed by atoms with Crippen molar-refractivity contribution in [2.45, 2.75) is 38.9 Å². The minimum atomic E-state index is -0.247. The molecule has 2 saturated heterocycles. The molecule has 2 aromatic rings. The molecule has 4 aliphatic rings. The van der Waals surface area contributed by atoms with E-state index >= 15 is 0 Å². The van der Waals surface area contributed by atoms with Gasteiger partial charge in [0.25, 0.3) is 0 Å². The van der Waals surface area contributed by atoms with Crippen molar-refractivity contribution in [3.05, 3.63) is 47.3 Å². The van der Waals surface area contributed by atoms with E-state index in [2.05, 4.69) is 80.4 Å². The molecule has 4 N–H and O–H groups in total. The van der Waals surface area contributed by atoms with Gasteiger partial charge in [-0.1, -0.05) is 26.0 Å². The molecule has 0 unspecified atom stereocenters. The van der Waals surface area contributed by atoms with Gasteiger partial charge in [-0.2, -0.15) is 0 Å². The SMILES string of the molecule is CO.C[C@H]1CNC[C@@H]1O.I[I-]I.[2H]c1nc([B])c2c(n1)C(CN1C[C@H](C)[C@@H](O)C1)=CC2.[2H]c1nc([B])c2c(n1)C=CC2. The molecule has 4 heterocycles. The maximum atomic E-state index is 9.79. The average molecular weight is 885 g/mol. The van der Waals surface area contributed by atoms with Gasteiger partial charge in [-0.25, -0.2) is 9.97 Å². The van der Waals surface area contributed by atoms with Crippen LogP contribution in [0.3, 0.4) is 0 Å². The topological polar surface area (TPSA) is 128 Å². The van der Waals surface area contributed by atoms with Gasteiger partial charge in [-0.15, -0.1) is 0 Å². The second-order valence-corrected chi connectivity index (χ2v) is 25.9. The largest absolute Gasteiger partial charge is 0.391 e. The van der Waals surface area contributed by atoms with Crippen molar-refractivity contribution < 1.29 is 31.3 Å². The van der Waals surface area contributed by atoms with Crippen molar-refractivity contribution in [1.82, 2.24) is 30.2 Å². The molecule has 0 bridgehead atoms. The van der Waals surface area contributed by atoms with Crippen molar-refractivity contribution >= 4 is 75.8 Å². The maximum absolute atomic E-state index is 9.79. The van der Waals surface area contributed by atoms with E-state index in [0.29, 0.717) is 42.8 Å². The maximum Gasteiger partial charge on any atom is 0.142 e. The number of rotatable bonds is 2. The van der Waals surface area contributed by atoms with Gasteiger partial charge in [0.1, 0.15) is 31.0 Å². The fraction of sp³-hybridized carbons (Fsp3) is 0.538. The fourth-order valence-electron chi connectivity index (χ4n) is 4.56. The summed E-state index contributed by atoms with van der Waals surface area (Å²) in [5, 5.41) is 28.8. The molecule has 2 fully saturated rings. The molecule has 2 aliphatic heterocycles. The molecule has 4 atom stereocenters. The molecular formula is C26H36B2I3N6O3-. The molecular weight excluding hydrogens is 847 g/mol. The van der Waals surface area contributed by atoms with Gasteiger partial charge in [0.05, 0.1) is 23.6 Å². The van der Waals surface area contributed by atoms with Crippen molar-refractivity contribution in [3.63, 3.8) is 0 Å². The molecule has 6 rings (SSSR count). The van der Waals surface area contributed by atoms with Crippen LogP contribution in [-0.2, 0) is 12.8 Å². The van der Waals surface area contributed by atoms with Crippen molar-refractivity contribution in [2.24, 2.45) is 11.8 Å². The summed E-state index contributed by atoms with van der Waals surface area (Å²) in [6, 6.07) is 0. The van der Waals surface area contributed by atoms with Gasteiger partial charge in [0.15, 0.2) is 0 Å². The summed E-state index contributed by atoms with van der Waals surface area (Å²) >= 11 is 5.30. The number of nitrogens with one attached hydrogen (secondary N) is 1. The van der Waals surface area contributed by atoms with Gasteiger partial charge in [-0.3, -0.25) is 14.9 Å². The average Bonchev–Trinajstić information content (AvgIpc) is 3.72. The van der Waals surface area contributed by atoms with Crippen LogP contribution in [0.4, 0.5) is 0 Å². The van der Waals surface area contributed by atoms with Crippen LogP contribution in [0, 0.1) is 11.8 Å². The normalized spacial score (nSPS) is 24.4. The predicted molar refractivity (Wildman–Crippen MR) is 175 cm³/mol. The molecule has 14 heteroatoms. The summed E-state index contributed by atoms with van der Waals surface area (Å²) in [7, 11) is 12.4. The first-order valence-electron chi connectivity index (χ1n) is 13.8. The van der Waals surface area contributed by atoms with Crippen LogP contribution in [0.25, 0.3) is 11.6 Å². The number of β-amino-alcohol motifs (C(OH)–C–C–N with tert-alkyl or cyclic N) is 2. The van der Waals surface area contributed by atoms with Crippen LogP contribution in [0.2, 0.25) is 0 Å². The Labute approximate surface area is 272 Å². The number of aliphatic hydroxyl groups is 3. The molecule has 0 amide bonds. The predicted octanol–water partition coefficient (Wildman–Crippen LogP) is -2.67. The van der Waals surface area contributed by atoms with E-state index in [-0.39, 0.29) is 24.8 Å². The summed E-state index contributed by atoms with van der Waals surface area (Å²) < 4.78 is 14.7. The Bertz CT molecular complexity index is 1220. The summed E-state index contributed by atoms with van der Waals surface area (Å²) in [5.41, 5.74) is 5.42. The Balaban J connectivity index is 0.000000226. The third-order valence-corrected chi connectivity index (χ3v) is 6.86. The molecule has 216 valence electrons. The van der Waals surface area contributed by atoms with E-state index in [1.807, 2.05) is 19.1 Å². The minimum Gasteiger partial charge on any atom is -0.391 e. The fourth-order valence-corrected chi connectivity index (χ4v) is 4.56. The van der Waals surface area contributed by atoms with E-state index in [9.17, 15) is 5.11 Å². The summed E-state index contributed by atoms with van der Waals surface area (Å²) in [5.74, 6) is 0.767. The molecule has 0 saturated carbocycles. The molecule has 0 aromatic carbocycles. The van der Waals surface area contributed by atoms with Gasteiger partial charge in [-0.05, 0) is 58.6 Å². The van der Waals surface area contributed by atoms with Crippen molar-refractivity contribution in [2.75, 3.05) is 39.8 Å². The second-order valence-electron chi connectivity index (χ2n) is 9.64. The van der Waals surface area contributed by atoms with E-state index in [1.165, 1.54) is 0 Å². The first-order chi connectivity index (χ1) is 20.0. The van der Waals surface area contributed by atoms with Gasteiger partial charge >= 0.3 is 50.5 Å². The standard InChI is InChI=1S/C13H16BN3O.C7H5BN2.C5H11NO.CH4O.I3/c1-8-4-17(6-11(8)18)5-9-2-3-10-12(9)15-7-16-13(10)14;8-7-5-2-1-3-6(5)9-4-10-7;1-4-2-6-3-5(4)7;1-2;1-3-2/h2,7-8,11,18H,3-6H2,1H3;1,3-4H,2H2;4-7H,2-3H2,1H3;2H,1H3;/q;;;;-1/t8-,11-;;4-,5-;;/m0.0../s1/i7D;4D;;;. The summed E-state index contributed by atoms with van der Waals surface area (Å²) in [6.45, 7) is 8.20. The first kappa shape index (κ1) is 32.7. The number of aromatic nitrogens is 4. The van der Waals surface area contributed by atoms with E-state index in [0.717, 1.165) is 74.2 Å². The Morgan fingerprint density at radius 2 is 1.62 bits per heavy atom. The smallest absolute Gasteiger partial charge is 0.142 e. The third kappa shape index (κ3) is 10.8. The number of halogens is 3.